The lowest BCUT2D eigenvalue weighted by Crippen LogP contribution is -2.09. The van der Waals surface area contributed by atoms with Crippen molar-refractivity contribution in [3.05, 3.63) is 41.6 Å². The van der Waals surface area contributed by atoms with Gasteiger partial charge in [-0.05, 0) is 35.9 Å². The van der Waals surface area contributed by atoms with E-state index in [0.29, 0.717) is 11.3 Å². The van der Waals surface area contributed by atoms with Crippen LogP contribution in [0.25, 0.3) is 11.3 Å². The zero-order valence-electron chi connectivity index (χ0n) is 9.48. The quantitative estimate of drug-likeness (QED) is 0.769. The van der Waals surface area contributed by atoms with Gasteiger partial charge in [-0.25, -0.2) is 14.4 Å². The maximum atomic E-state index is 13.5. The van der Waals surface area contributed by atoms with E-state index in [9.17, 15) is 4.39 Å². The monoisotopic (exact) mass is 251 g/mol. The van der Waals surface area contributed by atoms with Crippen molar-refractivity contribution in [1.29, 1.82) is 0 Å². The molecule has 2 aromatic rings. The molecule has 0 atom stereocenters. The molecule has 0 bridgehead atoms. The molecular weight excluding hydrogens is 241 g/mol. The van der Waals surface area contributed by atoms with Gasteiger partial charge in [0.05, 0.1) is 5.69 Å². The molecule has 88 valence electrons. The van der Waals surface area contributed by atoms with Crippen molar-refractivity contribution >= 4 is 17.3 Å². The number of rotatable bonds is 2. The van der Waals surface area contributed by atoms with E-state index in [1.807, 2.05) is 25.1 Å². The first-order valence-electron chi connectivity index (χ1n) is 5.03. The minimum atomic E-state index is -0.305. The number of halogens is 2. The minimum Gasteiger partial charge on any atom is -0.378 e. The summed E-state index contributed by atoms with van der Waals surface area (Å²) < 4.78 is 13.5. The van der Waals surface area contributed by atoms with Gasteiger partial charge in [0, 0.05) is 31.5 Å². The van der Waals surface area contributed by atoms with E-state index in [2.05, 4.69) is 9.97 Å². The Hall–Kier alpha value is -1.68. The second-order valence-corrected chi connectivity index (χ2v) is 4.14. The number of hydrogen-bond donors (Lipinski definition) is 0. The molecule has 2 rings (SSSR count). The van der Waals surface area contributed by atoms with E-state index >= 15 is 0 Å². The van der Waals surface area contributed by atoms with Gasteiger partial charge in [0.15, 0.2) is 0 Å². The normalized spacial score (nSPS) is 10.4. The lowest BCUT2D eigenvalue weighted by atomic mass is 10.1. The molecule has 0 radical (unpaired) electrons. The second kappa shape index (κ2) is 4.67. The third kappa shape index (κ3) is 2.71. The zero-order chi connectivity index (χ0) is 12.4. The highest BCUT2D eigenvalue weighted by atomic mass is 35.5. The summed E-state index contributed by atoms with van der Waals surface area (Å²) in [5, 5.41) is 0.151. The summed E-state index contributed by atoms with van der Waals surface area (Å²) in [5.74, 6) is -0.305. The molecule has 0 saturated carbocycles. The molecule has 1 heterocycles. The largest absolute Gasteiger partial charge is 0.378 e. The molecule has 0 spiro atoms. The van der Waals surface area contributed by atoms with E-state index in [-0.39, 0.29) is 11.1 Å². The molecule has 5 heteroatoms. The van der Waals surface area contributed by atoms with Crippen LogP contribution < -0.4 is 4.90 Å². The van der Waals surface area contributed by atoms with Crippen LogP contribution in [0.15, 0.2) is 30.5 Å². The Bertz CT molecular complexity index is 543. The van der Waals surface area contributed by atoms with Gasteiger partial charge in [0.1, 0.15) is 5.82 Å². The van der Waals surface area contributed by atoms with Gasteiger partial charge in [-0.1, -0.05) is 0 Å². The van der Waals surface area contributed by atoms with Crippen LogP contribution >= 0.6 is 11.6 Å². The van der Waals surface area contributed by atoms with Crippen molar-refractivity contribution in [1.82, 2.24) is 9.97 Å². The van der Waals surface area contributed by atoms with Gasteiger partial charge in [-0.2, -0.15) is 0 Å². The molecule has 0 aliphatic carbocycles. The molecule has 0 aliphatic rings. The molecule has 17 heavy (non-hydrogen) atoms. The molecule has 1 aromatic carbocycles. The number of anilines is 1. The van der Waals surface area contributed by atoms with Gasteiger partial charge >= 0.3 is 0 Å². The summed E-state index contributed by atoms with van der Waals surface area (Å²) in [5.41, 5.74) is 2.06. The third-order valence-electron chi connectivity index (χ3n) is 2.32. The third-order valence-corrected chi connectivity index (χ3v) is 2.50. The van der Waals surface area contributed by atoms with Crippen LogP contribution in [0.3, 0.4) is 0 Å². The molecule has 0 N–H and O–H groups in total. The maximum Gasteiger partial charge on any atom is 0.222 e. The van der Waals surface area contributed by atoms with Gasteiger partial charge in [0.2, 0.25) is 5.28 Å². The fraction of sp³-hybridized carbons (Fsp3) is 0.167. The summed E-state index contributed by atoms with van der Waals surface area (Å²) in [6.45, 7) is 0. The standard InChI is InChI=1S/C12H11ClFN3/c1-17(2)10-6-8(5-9(14)7-10)11-3-4-15-12(13)16-11/h3-7H,1-2H3. The molecule has 0 unspecified atom stereocenters. The summed E-state index contributed by atoms with van der Waals surface area (Å²) in [6.07, 6.45) is 1.55. The lowest BCUT2D eigenvalue weighted by Gasteiger charge is -2.13. The van der Waals surface area contributed by atoms with Crippen LogP contribution in [0.1, 0.15) is 0 Å². The van der Waals surface area contributed by atoms with Crippen LogP contribution in [0.4, 0.5) is 10.1 Å². The minimum absolute atomic E-state index is 0.151. The number of benzene rings is 1. The van der Waals surface area contributed by atoms with E-state index in [1.165, 1.54) is 12.1 Å². The van der Waals surface area contributed by atoms with Crippen molar-refractivity contribution in [3.63, 3.8) is 0 Å². The fourth-order valence-corrected chi connectivity index (χ4v) is 1.62. The highest BCUT2D eigenvalue weighted by Crippen LogP contribution is 2.24. The van der Waals surface area contributed by atoms with Gasteiger partial charge in [-0.15, -0.1) is 0 Å². The molecule has 0 amide bonds. The van der Waals surface area contributed by atoms with Gasteiger partial charge in [0.25, 0.3) is 0 Å². The number of nitrogens with zero attached hydrogens (tertiary/aromatic N) is 3. The Labute approximate surface area is 104 Å². The first-order chi connectivity index (χ1) is 8.06. The van der Waals surface area contributed by atoms with Crippen LogP contribution in [-0.2, 0) is 0 Å². The van der Waals surface area contributed by atoms with Crippen molar-refractivity contribution in [2.75, 3.05) is 19.0 Å². The van der Waals surface area contributed by atoms with E-state index < -0.39 is 0 Å². The molecule has 3 nitrogen and oxygen atoms in total. The van der Waals surface area contributed by atoms with Crippen molar-refractivity contribution < 1.29 is 4.39 Å². The fourth-order valence-electron chi connectivity index (χ4n) is 1.48. The molecule has 0 saturated heterocycles. The van der Waals surface area contributed by atoms with Crippen molar-refractivity contribution in [3.8, 4) is 11.3 Å². The Balaban J connectivity index is 2.52. The molecule has 1 aromatic heterocycles. The number of hydrogen-bond acceptors (Lipinski definition) is 3. The van der Waals surface area contributed by atoms with Crippen molar-refractivity contribution in [2.45, 2.75) is 0 Å². The topological polar surface area (TPSA) is 29.0 Å². The van der Waals surface area contributed by atoms with Crippen LogP contribution in [0.2, 0.25) is 5.28 Å². The highest BCUT2D eigenvalue weighted by molar-refractivity contribution is 6.28. The van der Waals surface area contributed by atoms with Gasteiger partial charge < -0.3 is 4.90 Å². The predicted octanol–water partition coefficient (Wildman–Crippen LogP) is 3.00. The summed E-state index contributed by atoms with van der Waals surface area (Å²) in [4.78, 5) is 9.68. The van der Waals surface area contributed by atoms with Crippen molar-refractivity contribution in [2.24, 2.45) is 0 Å². The smallest absolute Gasteiger partial charge is 0.222 e. The molecular formula is C12H11ClFN3. The first-order valence-corrected chi connectivity index (χ1v) is 5.41. The number of aromatic nitrogens is 2. The van der Waals surface area contributed by atoms with Crippen LogP contribution in [0, 0.1) is 5.82 Å². The highest BCUT2D eigenvalue weighted by Gasteiger charge is 2.06. The van der Waals surface area contributed by atoms with E-state index in [1.54, 1.807) is 12.3 Å². The zero-order valence-corrected chi connectivity index (χ0v) is 10.2. The maximum absolute atomic E-state index is 13.5. The summed E-state index contributed by atoms with van der Waals surface area (Å²) in [6, 6.07) is 6.43. The molecule has 0 fully saturated rings. The average Bonchev–Trinajstić information content (AvgIpc) is 2.28. The predicted molar refractivity (Wildman–Crippen MR) is 66.8 cm³/mol. The Morgan fingerprint density at radius 3 is 2.65 bits per heavy atom. The van der Waals surface area contributed by atoms with E-state index in [4.69, 9.17) is 11.6 Å². The van der Waals surface area contributed by atoms with Gasteiger partial charge in [-0.3, -0.25) is 0 Å². The van der Waals surface area contributed by atoms with Crippen LogP contribution in [0.5, 0.6) is 0 Å². The summed E-state index contributed by atoms with van der Waals surface area (Å²) >= 11 is 5.71. The first kappa shape index (κ1) is 11.8. The molecule has 0 aliphatic heterocycles. The van der Waals surface area contributed by atoms with Crippen LogP contribution in [-0.4, -0.2) is 24.1 Å². The second-order valence-electron chi connectivity index (χ2n) is 3.80. The average molecular weight is 252 g/mol. The Kier molecular flexibility index (Phi) is 3.24. The lowest BCUT2D eigenvalue weighted by molar-refractivity contribution is 0.628. The summed E-state index contributed by atoms with van der Waals surface area (Å²) in [7, 11) is 3.71. The Morgan fingerprint density at radius 1 is 1.24 bits per heavy atom. The SMILES string of the molecule is CN(C)c1cc(F)cc(-c2ccnc(Cl)n2)c1. The Morgan fingerprint density at radius 2 is 2.00 bits per heavy atom. The van der Waals surface area contributed by atoms with E-state index in [0.717, 1.165) is 5.69 Å².